The quantitative estimate of drug-likeness (QED) is 0.357. The molecule has 1 heterocycles. The number of carbonyl (C=O) groups excluding carboxylic acids is 1. The van der Waals surface area contributed by atoms with Crippen LogP contribution in [0.15, 0.2) is 4.99 Å². The van der Waals surface area contributed by atoms with Crippen molar-refractivity contribution in [3.8, 4) is 0 Å². The van der Waals surface area contributed by atoms with E-state index in [1.165, 1.54) is 0 Å². The first-order valence-electron chi connectivity index (χ1n) is 9.06. The van der Waals surface area contributed by atoms with Gasteiger partial charge in [-0.05, 0) is 33.1 Å². The molecule has 1 saturated heterocycles. The summed E-state index contributed by atoms with van der Waals surface area (Å²) in [5.41, 5.74) is -0.471. The van der Waals surface area contributed by atoms with Crippen LogP contribution in [0.25, 0.3) is 0 Å². The third kappa shape index (κ3) is 9.80. The predicted molar refractivity (Wildman–Crippen MR) is 116 cm³/mol. The minimum absolute atomic E-state index is 0. The Morgan fingerprint density at radius 3 is 2.50 bits per heavy atom. The van der Waals surface area contributed by atoms with Crippen molar-refractivity contribution in [1.29, 1.82) is 0 Å². The zero-order valence-corrected chi connectivity index (χ0v) is 19.7. The molecule has 1 aliphatic heterocycles. The molecule has 0 radical (unpaired) electrons. The molecule has 1 N–H and O–H groups in total. The summed E-state index contributed by atoms with van der Waals surface area (Å²) in [6.07, 6.45) is 0.820. The summed E-state index contributed by atoms with van der Waals surface area (Å²) in [4.78, 5) is 20.1. The van der Waals surface area contributed by atoms with E-state index >= 15 is 0 Å². The number of amides is 1. The first-order valence-corrected chi connectivity index (χ1v) is 9.06. The molecule has 2 atom stereocenters. The fourth-order valence-electron chi connectivity index (χ4n) is 2.80. The van der Waals surface area contributed by atoms with E-state index in [1.54, 1.807) is 19.0 Å². The lowest BCUT2D eigenvalue weighted by atomic mass is 10.1. The Morgan fingerprint density at radius 2 is 2.00 bits per heavy atom. The molecule has 8 heteroatoms. The predicted octanol–water partition coefficient (Wildman–Crippen LogP) is 2.65. The summed E-state index contributed by atoms with van der Waals surface area (Å²) in [7, 11) is 5.61. The second-order valence-electron chi connectivity index (χ2n) is 8.00. The third-order valence-electron chi connectivity index (χ3n) is 4.03. The maximum atomic E-state index is 12.0. The van der Waals surface area contributed by atoms with Crippen molar-refractivity contribution in [2.24, 2.45) is 16.8 Å². The molecule has 0 saturated carbocycles. The fourth-order valence-corrected chi connectivity index (χ4v) is 2.80. The molecule has 0 aromatic heterocycles. The molecule has 2 unspecified atom stereocenters. The van der Waals surface area contributed by atoms with Crippen LogP contribution in [0.5, 0.6) is 0 Å². The van der Waals surface area contributed by atoms with E-state index in [4.69, 9.17) is 9.47 Å². The van der Waals surface area contributed by atoms with Gasteiger partial charge in [-0.3, -0.25) is 4.99 Å². The number of ether oxygens (including phenoxy) is 2. The van der Waals surface area contributed by atoms with Crippen LogP contribution in [0.3, 0.4) is 0 Å². The first-order chi connectivity index (χ1) is 11.6. The molecule has 0 aromatic rings. The van der Waals surface area contributed by atoms with Gasteiger partial charge in [-0.25, -0.2) is 4.79 Å². The number of aliphatic imine (C=N–C) groups is 1. The van der Waals surface area contributed by atoms with Crippen LogP contribution in [-0.4, -0.2) is 81.4 Å². The minimum atomic E-state index is -0.471. The SMILES string of the molecule is CN=C(NCC(C)CN(C)C(=O)OC(C)(C)C)N(C)CC1CCOC1.I. The van der Waals surface area contributed by atoms with Gasteiger partial charge in [-0.15, -0.1) is 24.0 Å². The summed E-state index contributed by atoms with van der Waals surface area (Å²) in [6, 6.07) is 0. The Hall–Kier alpha value is -0.770. The summed E-state index contributed by atoms with van der Waals surface area (Å²) in [6.45, 7) is 11.7. The van der Waals surface area contributed by atoms with Crippen LogP contribution >= 0.6 is 24.0 Å². The number of nitrogens with one attached hydrogen (secondary N) is 1. The number of rotatable bonds is 6. The Kier molecular flexibility index (Phi) is 11.5. The number of nitrogens with zero attached hydrogens (tertiary/aromatic N) is 3. The number of guanidine groups is 1. The first kappa shape index (κ1) is 25.2. The van der Waals surface area contributed by atoms with Gasteiger partial charge in [-0.1, -0.05) is 6.92 Å². The van der Waals surface area contributed by atoms with Crippen molar-refractivity contribution in [3.05, 3.63) is 0 Å². The normalized spacial score (nSPS) is 18.7. The van der Waals surface area contributed by atoms with Crippen LogP contribution in [0.1, 0.15) is 34.1 Å². The van der Waals surface area contributed by atoms with Gasteiger partial charge >= 0.3 is 6.09 Å². The zero-order chi connectivity index (χ0) is 19.0. The fraction of sp³-hybridized carbons (Fsp3) is 0.889. The molecule has 7 nitrogen and oxygen atoms in total. The molecule has 1 amide bonds. The number of halogens is 1. The van der Waals surface area contributed by atoms with E-state index < -0.39 is 5.60 Å². The average molecular weight is 484 g/mol. The van der Waals surface area contributed by atoms with Crippen LogP contribution in [0.4, 0.5) is 4.79 Å². The summed E-state index contributed by atoms with van der Waals surface area (Å²) < 4.78 is 10.8. The lowest BCUT2D eigenvalue weighted by Crippen LogP contribution is -2.44. The molecule has 154 valence electrons. The second-order valence-corrected chi connectivity index (χ2v) is 8.00. The van der Waals surface area contributed by atoms with E-state index in [0.717, 1.165) is 38.7 Å². The second kappa shape index (κ2) is 11.8. The lowest BCUT2D eigenvalue weighted by Gasteiger charge is -2.28. The Labute approximate surface area is 175 Å². The van der Waals surface area contributed by atoms with Crippen molar-refractivity contribution in [2.75, 3.05) is 54.0 Å². The molecule has 0 spiro atoms. The summed E-state index contributed by atoms with van der Waals surface area (Å²) in [5.74, 6) is 1.72. The van der Waals surface area contributed by atoms with Gasteiger partial charge < -0.3 is 24.6 Å². The van der Waals surface area contributed by atoms with Crippen molar-refractivity contribution in [2.45, 2.75) is 39.7 Å². The van der Waals surface area contributed by atoms with Crippen molar-refractivity contribution in [1.82, 2.24) is 15.1 Å². The van der Waals surface area contributed by atoms with Gasteiger partial charge in [-0.2, -0.15) is 0 Å². The standard InChI is InChI=1S/C18H36N4O3.HI/c1-14(11-22(7)17(23)25-18(2,3)4)10-20-16(19-5)21(6)12-15-8-9-24-13-15;/h14-15H,8-13H2,1-7H3,(H,19,20);1H. The zero-order valence-electron chi connectivity index (χ0n) is 17.4. The van der Waals surface area contributed by atoms with E-state index in [0.29, 0.717) is 12.5 Å². The molecule has 0 aliphatic carbocycles. The van der Waals surface area contributed by atoms with Gasteiger partial charge in [0.05, 0.1) is 6.61 Å². The highest BCUT2D eigenvalue weighted by atomic mass is 127. The van der Waals surface area contributed by atoms with Gasteiger partial charge in [0, 0.05) is 53.3 Å². The number of hydrogen-bond acceptors (Lipinski definition) is 4. The van der Waals surface area contributed by atoms with Gasteiger partial charge in [0.15, 0.2) is 5.96 Å². The highest BCUT2D eigenvalue weighted by Gasteiger charge is 2.22. The maximum absolute atomic E-state index is 12.0. The Balaban J connectivity index is 0.00000625. The van der Waals surface area contributed by atoms with Crippen LogP contribution in [0.2, 0.25) is 0 Å². The van der Waals surface area contributed by atoms with Crippen LogP contribution in [-0.2, 0) is 9.47 Å². The molecule has 0 aromatic carbocycles. The number of hydrogen-bond donors (Lipinski definition) is 1. The molecular weight excluding hydrogens is 447 g/mol. The lowest BCUT2D eigenvalue weighted by molar-refractivity contribution is 0.0278. The van der Waals surface area contributed by atoms with Gasteiger partial charge in [0.2, 0.25) is 0 Å². The van der Waals surface area contributed by atoms with Crippen molar-refractivity contribution < 1.29 is 14.3 Å². The average Bonchev–Trinajstić information content (AvgIpc) is 2.98. The summed E-state index contributed by atoms with van der Waals surface area (Å²) >= 11 is 0. The smallest absolute Gasteiger partial charge is 0.410 e. The van der Waals surface area contributed by atoms with E-state index in [-0.39, 0.29) is 36.0 Å². The monoisotopic (exact) mass is 484 g/mol. The topological polar surface area (TPSA) is 66.4 Å². The van der Waals surface area contributed by atoms with Crippen molar-refractivity contribution >= 4 is 36.0 Å². The third-order valence-corrected chi connectivity index (χ3v) is 4.03. The van der Waals surface area contributed by atoms with Crippen LogP contribution < -0.4 is 5.32 Å². The van der Waals surface area contributed by atoms with E-state index in [1.807, 2.05) is 27.8 Å². The highest BCUT2D eigenvalue weighted by Crippen LogP contribution is 2.13. The van der Waals surface area contributed by atoms with Crippen molar-refractivity contribution in [3.63, 3.8) is 0 Å². The molecule has 1 fully saturated rings. The van der Waals surface area contributed by atoms with E-state index in [9.17, 15) is 4.79 Å². The number of carbonyl (C=O) groups is 1. The minimum Gasteiger partial charge on any atom is -0.444 e. The largest absolute Gasteiger partial charge is 0.444 e. The van der Waals surface area contributed by atoms with Gasteiger partial charge in [0.1, 0.15) is 5.60 Å². The summed E-state index contributed by atoms with van der Waals surface area (Å²) in [5, 5.41) is 3.39. The molecule has 1 rings (SSSR count). The Morgan fingerprint density at radius 1 is 1.35 bits per heavy atom. The molecular formula is C18H37IN4O3. The van der Waals surface area contributed by atoms with Crippen LogP contribution in [0, 0.1) is 11.8 Å². The Bertz CT molecular complexity index is 448. The van der Waals surface area contributed by atoms with Gasteiger partial charge in [0.25, 0.3) is 0 Å². The molecule has 26 heavy (non-hydrogen) atoms. The molecule has 0 bridgehead atoms. The highest BCUT2D eigenvalue weighted by molar-refractivity contribution is 14.0. The molecule has 1 aliphatic rings. The maximum Gasteiger partial charge on any atom is 0.410 e. The van der Waals surface area contributed by atoms with E-state index in [2.05, 4.69) is 22.1 Å².